The third-order valence-corrected chi connectivity index (χ3v) is 3.52. The van der Waals surface area contributed by atoms with Crippen LogP contribution in [0.4, 0.5) is 5.69 Å². The van der Waals surface area contributed by atoms with Crippen molar-refractivity contribution < 1.29 is 13.8 Å². The molecule has 0 bridgehead atoms. The number of benzene rings is 1. The average molecular weight is 334 g/mol. The van der Waals surface area contributed by atoms with E-state index in [-0.39, 0.29) is 11.6 Å². The highest BCUT2D eigenvalue weighted by atomic mass is 16.6. The fourth-order valence-corrected chi connectivity index (χ4v) is 2.37. The zero-order chi connectivity index (χ0) is 17.2. The van der Waals surface area contributed by atoms with Crippen LogP contribution in [-0.4, -0.2) is 20.1 Å². The molecule has 0 aliphatic carbocycles. The summed E-state index contributed by atoms with van der Waals surface area (Å²) >= 11 is 0. The molecular weight excluding hydrogens is 324 g/mol. The van der Waals surface area contributed by atoms with Crippen molar-refractivity contribution in [2.45, 2.75) is 0 Å². The summed E-state index contributed by atoms with van der Waals surface area (Å²) in [6, 6.07) is 13.2. The number of nitro benzene ring substituents is 1. The lowest BCUT2D eigenvalue weighted by molar-refractivity contribution is -0.384. The summed E-state index contributed by atoms with van der Waals surface area (Å²) in [7, 11) is 0. The van der Waals surface area contributed by atoms with E-state index in [0.717, 1.165) is 0 Å². The lowest BCUT2D eigenvalue weighted by Crippen LogP contribution is -1.90. The Morgan fingerprint density at radius 1 is 0.880 bits per heavy atom. The van der Waals surface area contributed by atoms with Gasteiger partial charge < -0.3 is 8.83 Å². The van der Waals surface area contributed by atoms with Gasteiger partial charge >= 0.3 is 0 Å². The van der Waals surface area contributed by atoms with Crippen LogP contribution in [-0.2, 0) is 0 Å². The van der Waals surface area contributed by atoms with E-state index >= 15 is 0 Å². The Labute approximate surface area is 140 Å². The van der Waals surface area contributed by atoms with Crippen LogP contribution in [0.25, 0.3) is 34.4 Å². The van der Waals surface area contributed by atoms with E-state index in [2.05, 4.69) is 15.2 Å². The quantitative estimate of drug-likeness (QED) is 0.410. The predicted octanol–water partition coefficient (Wildman–Crippen LogP) is 3.97. The Kier molecular flexibility index (Phi) is 3.55. The zero-order valence-electron chi connectivity index (χ0n) is 12.7. The molecule has 0 unspecified atom stereocenters. The number of aromatic nitrogens is 3. The highest BCUT2D eigenvalue weighted by Crippen LogP contribution is 2.34. The van der Waals surface area contributed by atoms with Crippen LogP contribution >= 0.6 is 0 Å². The second-order valence-electron chi connectivity index (χ2n) is 5.09. The molecule has 0 spiro atoms. The molecule has 0 atom stereocenters. The molecule has 122 valence electrons. The van der Waals surface area contributed by atoms with E-state index < -0.39 is 4.92 Å². The SMILES string of the molecule is O=[N+]([O-])c1ccccc1-c1ccc(-c2nnc(-c3cccnc3)o2)o1. The minimum Gasteiger partial charge on any atom is -0.451 e. The normalized spacial score (nSPS) is 10.7. The van der Waals surface area contributed by atoms with Crippen molar-refractivity contribution in [2.24, 2.45) is 0 Å². The molecule has 4 aromatic rings. The van der Waals surface area contributed by atoms with Crippen molar-refractivity contribution in [2.75, 3.05) is 0 Å². The first kappa shape index (κ1) is 14.8. The second-order valence-corrected chi connectivity index (χ2v) is 5.09. The van der Waals surface area contributed by atoms with E-state index in [4.69, 9.17) is 8.83 Å². The molecule has 0 N–H and O–H groups in total. The van der Waals surface area contributed by atoms with Crippen molar-refractivity contribution in [3.8, 4) is 34.4 Å². The van der Waals surface area contributed by atoms with E-state index in [0.29, 0.717) is 28.5 Å². The summed E-state index contributed by atoms with van der Waals surface area (Å²) in [5, 5.41) is 19.1. The molecule has 4 rings (SSSR count). The molecule has 8 nitrogen and oxygen atoms in total. The van der Waals surface area contributed by atoms with Crippen LogP contribution in [0.15, 0.2) is 69.8 Å². The maximum Gasteiger partial charge on any atom is 0.283 e. The number of nitrogens with zero attached hydrogens (tertiary/aromatic N) is 4. The first-order valence-corrected chi connectivity index (χ1v) is 7.30. The van der Waals surface area contributed by atoms with Gasteiger partial charge in [-0.3, -0.25) is 15.1 Å². The van der Waals surface area contributed by atoms with Gasteiger partial charge in [0.2, 0.25) is 5.89 Å². The van der Waals surface area contributed by atoms with Gasteiger partial charge in [0, 0.05) is 18.5 Å². The fraction of sp³-hybridized carbons (Fsp3) is 0. The Bertz CT molecular complexity index is 1040. The summed E-state index contributed by atoms with van der Waals surface area (Å²) in [5.74, 6) is 1.18. The Morgan fingerprint density at radius 3 is 2.48 bits per heavy atom. The van der Waals surface area contributed by atoms with E-state index in [9.17, 15) is 10.1 Å². The highest BCUT2D eigenvalue weighted by molar-refractivity contribution is 5.70. The van der Waals surface area contributed by atoms with Gasteiger partial charge in [-0.05, 0) is 30.3 Å². The number of furan rings is 1. The van der Waals surface area contributed by atoms with Crippen LogP contribution in [0.5, 0.6) is 0 Å². The first-order chi connectivity index (χ1) is 12.2. The Hall–Kier alpha value is -3.81. The molecule has 0 aliphatic heterocycles. The van der Waals surface area contributed by atoms with Crippen molar-refractivity contribution in [1.29, 1.82) is 0 Å². The third-order valence-electron chi connectivity index (χ3n) is 3.52. The van der Waals surface area contributed by atoms with E-state index in [1.165, 1.54) is 6.07 Å². The molecule has 0 radical (unpaired) electrons. The number of nitro groups is 1. The second kappa shape index (κ2) is 6.00. The topological polar surface area (TPSA) is 108 Å². The van der Waals surface area contributed by atoms with Gasteiger partial charge in [-0.25, -0.2) is 0 Å². The first-order valence-electron chi connectivity index (χ1n) is 7.30. The lowest BCUT2D eigenvalue weighted by atomic mass is 10.1. The van der Waals surface area contributed by atoms with Gasteiger partial charge in [-0.15, -0.1) is 10.2 Å². The Morgan fingerprint density at radius 2 is 1.68 bits per heavy atom. The predicted molar refractivity (Wildman–Crippen MR) is 87.3 cm³/mol. The lowest BCUT2D eigenvalue weighted by Gasteiger charge is -1.98. The summed E-state index contributed by atoms with van der Waals surface area (Å²) < 4.78 is 11.3. The van der Waals surface area contributed by atoms with E-state index in [1.807, 2.05) is 0 Å². The summed E-state index contributed by atoms with van der Waals surface area (Å²) in [4.78, 5) is 14.7. The van der Waals surface area contributed by atoms with Gasteiger partial charge in [0.25, 0.3) is 11.6 Å². The summed E-state index contributed by atoms with van der Waals surface area (Å²) in [6.07, 6.45) is 3.25. The van der Waals surface area contributed by atoms with Crippen molar-refractivity contribution in [1.82, 2.24) is 15.2 Å². The molecule has 8 heteroatoms. The highest BCUT2D eigenvalue weighted by Gasteiger charge is 2.19. The van der Waals surface area contributed by atoms with Crippen molar-refractivity contribution >= 4 is 5.69 Å². The molecule has 3 aromatic heterocycles. The van der Waals surface area contributed by atoms with Gasteiger partial charge in [-0.1, -0.05) is 12.1 Å². The monoisotopic (exact) mass is 334 g/mol. The van der Waals surface area contributed by atoms with Crippen molar-refractivity contribution in [3.63, 3.8) is 0 Å². The van der Waals surface area contributed by atoms with E-state index in [1.54, 1.807) is 54.9 Å². The maximum absolute atomic E-state index is 11.1. The van der Waals surface area contributed by atoms with Crippen LogP contribution in [0.2, 0.25) is 0 Å². The minimum atomic E-state index is -0.454. The molecule has 1 aromatic carbocycles. The van der Waals surface area contributed by atoms with Gasteiger partial charge in [0.05, 0.1) is 16.1 Å². The Balaban J connectivity index is 1.69. The van der Waals surface area contributed by atoms with Crippen LogP contribution in [0.1, 0.15) is 0 Å². The summed E-state index contributed by atoms with van der Waals surface area (Å²) in [6.45, 7) is 0. The molecule has 0 saturated heterocycles. The van der Waals surface area contributed by atoms with Gasteiger partial charge in [0.1, 0.15) is 5.76 Å². The molecule has 0 aliphatic rings. The molecule has 0 amide bonds. The number of rotatable bonds is 4. The van der Waals surface area contributed by atoms with Crippen LogP contribution in [0.3, 0.4) is 0 Å². The molecule has 0 saturated carbocycles. The van der Waals surface area contributed by atoms with Gasteiger partial charge in [0.15, 0.2) is 5.76 Å². The number of para-hydroxylation sites is 1. The van der Waals surface area contributed by atoms with Gasteiger partial charge in [-0.2, -0.15) is 0 Å². The molecular formula is C17H10N4O4. The minimum absolute atomic E-state index is 0.0371. The standard InChI is InChI=1S/C17H10N4O4/c22-21(23)13-6-2-1-5-12(13)14-7-8-15(24-14)17-20-19-16(25-17)11-4-3-9-18-10-11/h1-10H. The van der Waals surface area contributed by atoms with Crippen LogP contribution < -0.4 is 0 Å². The fourth-order valence-electron chi connectivity index (χ4n) is 2.37. The largest absolute Gasteiger partial charge is 0.451 e. The zero-order valence-corrected chi connectivity index (χ0v) is 12.7. The molecule has 25 heavy (non-hydrogen) atoms. The third kappa shape index (κ3) is 2.76. The number of pyridine rings is 1. The number of hydrogen-bond acceptors (Lipinski definition) is 7. The average Bonchev–Trinajstić information content (AvgIpc) is 3.32. The molecule has 0 fully saturated rings. The molecule has 3 heterocycles. The maximum atomic E-state index is 11.1. The van der Waals surface area contributed by atoms with Crippen LogP contribution in [0, 0.1) is 10.1 Å². The smallest absolute Gasteiger partial charge is 0.283 e. The van der Waals surface area contributed by atoms with Crippen molar-refractivity contribution in [3.05, 3.63) is 71.0 Å². The number of hydrogen-bond donors (Lipinski definition) is 0. The summed E-state index contributed by atoms with van der Waals surface area (Å²) in [5.41, 5.74) is 1.03.